The highest BCUT2D eigenvalue weighted by atomic mass is 35.5. The number of carbonyl (C=O) groups excluding carboxylic acids is 3. The number of carbonyl (C=O) groups is 3. The van der Waals surface area contributed by atoms with E-state index in [9.17, 15) is 19.5 Å². The number of benzene rings is 2. The fourth-order valence-corrected chi connectivity index (χ4v) is 7.82. The van der Waals surface area contributed by atoms with Gasteiger partial charge in [0.1, 0.15) is 17.4 Å². The topological polar surface area (TPSA) is 99.6 Å². The van der Waals surface area contributed by atoms with Crippen molar-refractivity contribution >= 4 is 40.7 Å². The van der Waals surface area contributed by atoms with Crippen LogP contribution in [-0.4, -0.2) is 77.8 Å². The third kappa shape index (κ3) is 5.15. The molecule has 2 fully saturated rings. The highest BCUT2D eigenvalue weighted by Crippen LogP contribution is 2.59. The summed E-state index contributed by atoms with van der Waals surface area (Å²) < 4.78 is 12.7. The van der Waals surface area contributed by atoms with Gasteiger partial charge in [-0.15, -0.1) is 0 Å². The van der Waals surface area contributed by atoms with E-state index >= 15 is 0 Å². The molecule has 4 aliphatic rings. The molecule has 0 radical (unpaired) electrons. The number of fused-ring (bicyclic) bond motifs is 2. The minimum Gasteiger partial charge on any atom is -0.494 e. The zero-order valence-electron chi connectivity index (χ0n) is 25.7. The molecule has 0 saturated carbocycles. The zero-order valence-corrected chi connectivity index (χ0v) is 26.5. The number of ether oxygens (including phenoxy) is 2. The maximum Gasteiger partial charge on any atom is 0.253 e. The summed E-state index contributed by atoms with van der Waals surface area (Å²) in [6, 6.07) is 13.5. The van der Waals surface area contributed by atoms with Gasteiger partial charge in [0.05, 0.1) is 34.8 Å². The van der Waals surface area contributed by atoms with Crippen molar-refractivity contribution in [3.63, 3.8) is 0 Å². The fourth-order valence-electron chi connectivity index (χ4n) is 7.58. The van der Waals surface area contributed by atoms with Crippen LogP contribution in [0.2, 0.25) is 5.02 Å². The number of hydrogen-bond acceptors (Lipinski definition) is 6. The number of amides is 3. The number of aliphatic hydroxyl groups excluding tert-OH is 1. The molecular formula is C35H40ClN3O6. The lowest BCUT2D eigenvalue weighted by atomic mass is 9.73. The third-order valence-corrected chi connectivity index (χ3v) is 9.92. The molecule has 4 aliphatic heterocycles. The molecular weight excluding hydrogens is 594 g/mol. The minimum absolute atomic E-state index is 0.0539. The van der Waals surface area contributed by atoms with Crippen LogP contribution < -0.4 is 14.5 Å². The average Bonchev–Trinajstić information content (AvgIpc) is 3.33. The second kappa shape index (κ2) is 12.6. The molecule has 9 nitrogen and oxygen atoms in total. The van der Waals surface area contributed by atoms with Crippen molar-refractivity contribution in [3.05, 3.63) is 77.9 Å². The molecule has 2 aromatic rings. The number of para-hydroxylation sites is 1. The van der Waals surface area contributed by atoms with Gasteiger partial charge in [-0.1, -0.05) is 55.0 Å². The predicted octanol–water partition coefficient (Wildman–Crippen LogP) is 4.77. The van der Waals surface area contributed by atoms with Gasteiger partial charge in [-0.3, -0.25) is 14.4 Å². The van der Waals surface area contributed by atoms with Crippen molar-refractivity contribution in [2.24, 2.45) is 11.8 Å². The summed E-state index contributed by atoms with van der Waals surface area (Å²) in [7, 11) is 0. The van der Waals surface area contributed by atoms with Crippen LogP contribution in [0, 0.1) is 11.8 Å². The van der Waals surface area contributed by atoms with Gasteiger partial charge >= 0.3 is 0 Å². The van der Waals surface area contributed by atoms with E-state index in [4.69, 9.17) is 21.1 Å². The van der Waals surface area contributed by atoms with Crippen LogP contribution in [0.3, 0.4) is 0 Å². The number of unbranched alkanes of at least 4 members (excludes halogenated alkanes) is 2. The third-order valence-electron chi connectivity index (χ3n) is 9.60. The molecule has 5 atom stereocenters. The number of hydrogen-bond donors (Lipinski definition) is 1. The number of aliphatic hydroxyl groups is 1. The van der Waals surface area contributed by atoms with E-state index in [0.717, 1.165) is 0 Å². The normalized spacial score (nSPS) is 29.0. The number of nitrogens with zero attached hydrogens (tertiary/aromatic N) is 3. The van der Waals surface area contributed by atoms with Crippen LogP contribution >= 0.6 is 11.6 Å². The van der Waals surface area contributed by atoms with Gasteiger partial charge in [-0.25, -0.2) is 0 Å². The first-order chi connectivity index (χ1) is 21.8. The van der Waals surface area contributed by atoms with E-state index in [-0.39, 0.29) is 30.9 Å². The molecule has 238 valence electrons. The molecule has 3 amide bonds. The van der Waals surface area contributed by atoms with E-state index in [1.807, 2.05) is 68.5 Å². The fraction of sp³-hybridized carbons (Fsp3) is 0.457. The zero-order chi connectivity index (χ0) is 31.8. The lowest BCUT2D eigenvalue weighted by Gasteiger charge is -2.38. The number of rotatable bonds is 10. The number of likely N-dealkylation sites (tertiary alicyclic amines) is 1. The smallest absolute Gasteiger partial charge is 0.253 e. The van der Waals surface area contributed by atoms with Crippen molar-refractivity contribution in [1.29, 1.82) is 0 Å². The Morgan fingerprint density at radius 3 is 2.33 bits per heavy atom. The minimum atomic E-state index is -1.36. The van der Waals surface area contributed by atoms with E-state index in [2.05, 4.69) is 0 Å². The Kier molecular flexibility index (Phi) is 8.78. The van der Waals surface area contributed by atoms with Crippen molar-refractivity contribution in [2.75, 3.05) is 42.6 Å². The first-order valence-corrected chi connectivity index (χ1v) is 16.3. The first kappa shape index (κ1) is 31.3. The van der Waals surface area contributed by atoms with E-state index in [1.54, 1.807) is 32.9 Å². The molecule has 4 heterocycles. The van der Waals surface area contributed by atoms with Gasteiger partial charge in [0, 0.05) is 31.9 Å². The standard InChI is InChI=1S/C35H40ClN3O6/c1-3-34-18-10-21-37(24-14-16-25(17-15-24)44-4-2)31(41)28(34)29-32(42)39(20-8-5-9-23-40)30-33(43)38(22-11-19-35(29,30)45-34)27-13-7-6-12-26(27)36/h6-7,10-19,28-30,40H,3-5,8-9,20-23H2,1-2H3/t28-,29+,30?,34+,35+/m1/s1. The van der Waals surface area contributed by atoms with Gasteiger partial charge in [-0.2, -0.15) is 0 Å². The van der Waals surface area contributed by atoms with Gasteiger partial charge in [0.25, 0.3) is 5.91 Å². The second-order valence-corrected chi connectivity index (χ2v) is 12.4. The molecule has 6 rings (SSSR count). The summed E-state index contributed by atoms with van der Waals surface area (Å²) in [6.45, 7) is 5.34. The Hall–Kier alpha value is -3.66. The molecule has 1 N–H and O–H groups in total. The quantitative estimate of drug-likeness (QED) is 0.299. The Morgan fingerprint density at radius 1 is 0.889 bits per heavy atom. The Morgan fingerprint density at radius 2 is 1.62 bits per heavy atom. The van der Waals surface area contributed by atoms with E-state index in [1.165, 1.54) is 0 Å². The molecule has 0 bridgehead atoms. The van der Waals surface area contributed by atoms with Gasteiger partial charge in [0.15, 0.2) is 0 Å². The monoisotopic (exact) mass is 633 g/mol. The Balaban J connectivity index is 1.44. The number of anilines is 2. The molecule has 2 aromatic carbocycles. The Labute approximate surface area is 269 Å². The lowest BCUT2D eigenvalue weighted by molar-refractivity contribution is -0.145. The highest BCUT2D eigenvalue weighted by molar-refractivity contribution is 6.34. The summed E-state index contributed by atoms with van der Waals surface area (Å²) in [5.74, 6) is -1.83. The summed E-state index contributed by atoms with van der Waals surface area (Å²) in [5, 5.41) is 9.78. The summed E-state index contributed by atoms with van der Waals surface area (Å²) in [6.07, 6.45) is 9.92. The Bertz CT molecular complexity index is 1510. The molecule has 0 aliphatic carbocycles. The van der Waals surface area contributed by atoms with Crippen LogP contribution in [0.5, 0.6) is 5.75 Å². The summed E-state index contributed by atoms with van der Waals surface area (Å²) in [5.41, 5.74) is -1.19. The molecule has 1 unspecified atom stereocenters. The van der Waals surface area contributed by atoms with Crippen molar-refractivity contribution in [2.45, 2.75) is 56.8 Å². The van der Waals surface area contributed by atoms with Gasteiger partial charge < -0.3 is 29.3 Å². The predicted molar refractivity (Wildman–Crippen MR) is 172 cm³/mol. The summed E-state index contributed by atoms with van der Waals surface area (Å²) >= 11 is 6.57. The maximum absolute atomic E-state index is 14.7. The van der Waals surface area contributed by atoms with Gasteiger partial charge in [0.2, 0.25) is 11.8 Å². The van der Waals surface area contributed by atoms with Crippen molar-refractivity contribution < 1.29 is 29.0 Å². The van der Waals surface area contributed by atoms with Crippen molar-refractivity contribution in [1.82, 2.24) is 4.90 Å². The number of halogens is 1. The van der Waals surface area contributed by atoms with Crippen LogP contribution in [0.1, 0.15) is 39.5 Å². The van der Waals surface area contributed by atoms with Crippen LogP contribution in [0.4, 0.5) is 11.4 Å². The van der Waals surface area contributed by atoms with Crippen LogP contribution in [0.15, 0.2) is 72.8 Å². The van der Waals surface area contributed by atoms with E-state index < -0.39 is 29.1 Å². The molecule has 0 aromatic heterocycles. The largest absolute Gasteiger partial charge is 0.494 e. The molecule has 45 heavy (non-hydrogen) atoms. The second-order valence-electron chi connectivity index (χ2n) is 12.0. The lowest BCUT2D eigenvalue weighted by Crippen LogP contribution is -2.56. The van der Waals surface area contributed by atoms with Crippen molar-refractivity contribution in [3.8, 4) is 5.75 Å². The first-order valence-electron chi connectivity index (χ1n) is 15.9. The highest BCUT2D eigenvalue weighted by Gasteiger charge is 2.75. The SMILES string of the molecule is CCOc1ccc(N2CC=C[C@]3(CC)O[C@]45C=CCN(c6ccccc6Cl)C(=O)C4N(CCCCCO)C(=O)[C@@H]5[C@@H]3C2=O)cc1. The van der Waals surface area contributed by atoms with Crippen LogP contribution in [-0.2, 0) is 19.1 Å². The summed E-state index contributed by atoms with van der Waals surface area (Å²) in [4.78, 5) is 49.0. The van der Waals surface area contributed by atoms with Crippen LogP contribution in [0.25, 0.3) is 0 Å². The molecule has 10 heteroatoms. The maximum atomic E-state index is 14.7. The molecule has 2 saturated heterocycles. The average molecular weight is 634 g/mol. The molecule has 1 spiro atoms. The van der Waals surface area contributed by atoms with Gasteiger partial charge in [-0.05, 0) is 69.0 Å². The van der Waals surface area contributed by atoms with E-state index in [0.29, 0.717) is 67.5 Å².